The number of amides is 1. The van der Waals surface area contributed by atoms with Crippen LogP contribution < -0.4 is 10.6 Å². The van der Waals surface area contributed by atoms with E-state index < -0.39 is 5.97 Å². The maximum atomic E-state index is 12.3. The molecule has 9 heteroatoms. The lowest BCUT2D eigenvalue weighted by Gasteiger charge is -2.37. The molecule has 0 atom stereocenters. The van der Waals surface area contributed by atoms with Gasteiger partial charge in [-0.1, -0.05) is 25.4 Å². The van der Waals surface area contributed by atoms with Crippen LogP contribution in [0.5, 0.6) is 0 Å². The Morgan fingerprint density at radius 2 is 1.94 bits per heavy atom. The van der Waals surface area contributed by atoms with Crippen molar-refractivity contribution >= 4 is 34.9 Å². The molecule has 1 aliphatic heterocycles. The van der Waals surface area contributed by atoms with Crippen LogP contribution in [-0.2, 0) is 9.53 Å². The highest BCUT2D eigenvalue weighted by Crippen LogP contribution is 2.32. The third kappa shape index (κ3) is 4.62. The molecule has 31 heavy (non-hydrogen) atoms. The first-order valence-corrected chi connectivity index (χ1v) is 10.5. The van der Waals surface area contributed by atoms with Gasteiger partial charge < -0.3 is 24.8 Å². The second kappa shape index (κ2) is 9.31. The quantitative estimate of drug-likeness (QED) is 0.712. The topological polar surface area (TPSA) is 105 Å². The van der Waals surface area contributed by atoms with Gasteiger partial charge in [0, 0.05) is 44.5 Å². The van der Waals surface area contributed by atoms with E-state index in [1.54, 1.807) is 6.07 Å². The normalized spacial score (nSPS) is 13.9. The third-order valence-electron chi connectivity index (χ3n) is 5.31. The Morgan fingerprint density at radius 1 is 1.26 bits per heavy atom. The molecular weight excluding hydrogens is 418 g/mol. The fraction of sp³-hybridized carbons (Fsp3) is 0.409. The van der Waals surface area contributed by atoms with Crippen molar-refractivity contribution in [2.75, 3.05) is 43.9 Å². The number of aromatic nitrogens is 1. The molecular formula is C22H26ClN5O3. The SMILES string of the molecule is COC(=O)c1c(N)c(C#N)cn1-c1ccc(N2CCN(C(=O)CC(C)C)CC2)c(Cl)c1. The number of halogens is 1. The van der Waals surface area contributed by atoms with Gasteiger partial charge in [0.25, 0.3) is 0 Å². The van der Waals surface area contributed by atoms with Crippen LogP contribution in [0.25, 0.3) is 5.69 Å². The zero-order chi connectivity index (χ0) is 22.7. The third-order valence-corrected chi connectivity index (χ3v) is 5.61. The molecule has 2 heterocycles. The number of hydrogen-bond donors (Lipinski definition) is 1. The molecule has 1 amide bonds. The van der Waals surface area contributed by atoms with Gasteiger partial charge in [-0.3, -0.25) is 4.79 Å². The first-order valence-electron chi connectivity index (χ1n) is 10.1. The maximum absolute atomic E-state index is 12.3. The minimum absolute atomic E-state index is 0.0664. The zero-order valence-electron chi connectivity index (χ0n) is 17.9. The Labute approximate surface area is 186 Å². The fourth-order valence-corrected chi connectivity index (χ4v) is 3.99. The van der Waals surface area contributed by atoms with Crippen molar-refractivity contribution in [3.63, 3.8) is 0 Å². The highest BCUT2D eigenvalue weighted by molar-refractivity contribution is 6.33. The standard InChI is InChI=1S/C22H26ClN5O3/c1-14(2)10-19(29)27-8-6-26(7-9-27)18-5-4-16(11-17(18)23)28-13-15(12-24)20(25)21(28)22(30)31-3/h4-5,11,13-14H,6-10,25H2,1-3H3. The van der Waals surface area contributed by atoms with Gasteiger partial charge in [0.1, 0.15) is 6.07 Å². The Bertz CT molecular complexity index is 1030. The van der Waals surface area contributed by atoms with Gasteiger partial charge in [0.15, 0.2) is 5.69 Å². The highest BCUT2D eigenvalue weighted by atomic mass is 35.5. The van der Waals surface area contributed by atoms with Crippen molar-refractivity contribution in [3.8, 4) is 11.8 Å². The van der Waals surface area contributed by atoms with Crippen LogP contribution in [0.4, 0.5) is 11.4 Å². The summed E-state index contributed by atoms with van der Waals surface area (Å²) in [4.78, 5) is 28.5. The Morgan fingerprint density at radius 3 is 2.48 bits per heavy atom. The van der Waals surface area contributed by atoms with E-state index in [9.17, 15) is 14.9 Å². The van der Waals surface area contributed by atoms with Crippen LogP contribution in [-0.4, -0.2) is 54.6 Å². The first-order chi connectivity index (χ1) is 14.8. The molecule has 1 saturated heterocycles. The number of piperazine rings is 1. The van der Waals surface area contributed by atoms with E-state index in [1.165, 1.54) is 17.9 Å². The van der Waals surface area contributed by atoms with Crippen molar-refractivity contribution in [1.29, 1.82) is 5.26 Å². The minimum Gasteiger partial charge on any atom is -0.464 e. The number of nitrogen functional groups attached to an aromatic ring is 1. The molecule has 0 bridgehead atoms. The van der Waals surface area contributed by atoms with Crippen molar-refractivity contribution < 1.29 is 14.3 Å². The molecule has 0 aliphatic carbocycles. The molecule has 0 radical (unpaired) electrons. The van der Waals surface area contributed by atoms with Crippen LogP contribution in [0, 0.1) is 17.2 Å². The van der Waals surface area contributed by atoms with Crippen molar-refractivity contribution in [2.45, 2.75) is 20.3 Å². The summed E-state index contributed by atoms with van der Waals surface area (Å²) in [5.41, 5.74) is 7.74. The molecule has 2 aromatic rings. The van der Waals surface area contributed by atoms with Gasteiger partial charge in [-0.15, -0.1) is 0 Å². The lowest BCUT2D eigenvalue weighted by molar-refractivity contribution is -0.132. The highest BCUT2D eigenvalue weighted by Gasteiger charge is 2.25. The van der Waals surface area contributed by atoms with Gasteiger partial charge in [-0.2, -0.15) is 5.26 Å². The van der Waals surface area contributed by atoms with Gasteiger partial charge in [0.2, 0.25) is 5.91 Å². The van der Waals surface area contributed by atoms with Crippen molar-refractivity contribution in [2.24, 2.45) is 5.92 Å². The summed E-state index contributed by atoms with van der Waals surface area (Å²) in [7, 11) is 1.26. The number of nitrogens with two attached hydrogens (primary N) is 1. The monoisotopic (exact) mass is 443 g/mol. The largest absolute Gasteiger partial charge is 0.464 e. The summed E-state index contributed by atoms with van der Waals surface area (Å²) in [6.07, 6.45) is 2.05. The van der Waals surface area contributed by atoms with Crippen molar-refractivity contribution in [3.05, 3.63) is 40.7 Å². The number of anilines is 2. The molecule has 164 valence electrons. The van der Waals surface area contributed by atoms with Crippen LogP contribution in [0.1, 0.15) is 36.3 Å². The maximum Gasteiger partial charge on any atom is 0.357 e. The number of hydrogen-bond acceptors (Lipinski definition) is 6. The summed E-state index contributed by atoms with van der Waals surface area (Å²) in [6, 6.07) is 7.38. The molecule has 1 aromatic carbocycles. The molecule has 0 unspecified atom stereocenters. The smallest absolute Gasteiger partial charge is 0.357 e. The molecule has 3 rings (SSSR count). The number of carbonyl (C=O) groups is 2. The minimum atomic E-state index is -0.638. The van der Waals surface area contributed by atoms with Gasteiger partial charge >= 0.3 is 5.97 Å². The fourth-order valence-electron chi connectivity index (χ4n) is 3.70. The predicted molar refractivity (Wildman–Crippen MR) is 119 cm³/mol. The van der Waals surface area contributed by atoms with E-state index in [2.05, 4.69) is 4.90 Å². The molecule has 1 aromatic heterocycles. The summed E-state index contributed by atoms with van der Waals surface area (Å²) in [5.74, 6) is -0.113. The van der Waals surface area contributed by atoms with E-state index in [0.717, 1.165) is 5.69 Å². The van der Waals surface area contributed by atoms with E-state index in [1.807, 2.05) is 36.9 Å². The van der Waals surface area contributed by atoms with E-state index in [4.69, 9.17) is 22.1 Å². The van der Waals surface area contributed by atoms with Gasteiger partial charge in [-0.25, -0.2) is 4.79 Å². The summed E-state index contributed by atoms with van der Waals surface area (Å²) >= 11 is 6.58. The number of benzene rings is 1. The lowest BCUT2D eigenvalue weighted by atomic mass is 10.1. The van der Waals surface area contributed by atoms with Gasteiger partial charge in [0.05, 0.1) is 29.1 Å². The number of ether oxygens (including phenoxy) is 1. The second-order valence-electron chi connectivity index (χ2n) is 7.88. The Kier molecular flexibility index (Phi) is 6.76. The molecule has 0 spiro atoms. The number of carbonyl (C=O) groups excluding carboxylic acids is 2. The molecule has 0 saturated carbocycles. The van der Waals surface area contributed by atoms with E-state index >= 15 is 0 Å². The average molecular weight is 444 g/mol. The van der Waals surface area contributed by atoms with Crippen LogP contribution in [0.2, 0.25) is 5.02 Å². The Balaban J connectivity index is 1.82. The number of esters is 1. The van der Waals surface area contributed by atoms with Crippen LogP contribution >= 0.6 is 11.6 Å². The number of methoxy groups -OCH3 is 1. The molecule has 1 fully saturated rings. The zero-order valence-corrected chi connectivity index (χ0v) is 18.6. The molecule has 8 nitrogen and oxygen atoms in total. The lowest BCUT2D eigenvalue weighted by Crippen LogP contribution is -2.49. The second-order valence-corrected chi connectivity index (χ2v) is 8.29. The van der Waals surface area contributed by atoms with E-state index in [-0.39, 0.29) is 22.9 Å². The Hall–Kier alpha value is -3.18. The van der Waals surface area contributed by atoms with Crippen LogP contribution in [0.15, 0.2) is 24.4 Å². The van der Waals surface area contributed by atoms with Crippen molar-refractivity contribution in [1.82, 2.24) is 9.47 Å². The molecule has 1 aliphatic rings. The number of rotatable bonds is 5. The molecule has 2 N–H and O–H groups in total. The average Bonchev–Trinajstić information content (AvgIpc) is 3.09. The number of nitriles is 1. The van der Waals surface area contributed by atoms with Gasteiger partial charge in [-0.05, 0) is 24.1 Å². The van der Waals surface area contributed by atoms with E-state index in [0.29, 0.717) is 49.2 Å². The first kappa shape index (κ1) is 22.5. The summed E-state index contributed by atoms with van der Waals surface area (Å²) in [6.45, 7) is 6.75. The number of nitrogens with zero attached hydrogens (tertiary/aromatic N) is 4. The predicted octanol–water partition coefficient (Wildman–Crippen LogP) is 3.07. The summed E-state index contributed by atoms with van der Waals surface area (Å²) < 4.78 is 6.33. The van der Waals surface area contributed by atoms with Crippen LogP contribution in [0.3, 0.4) is 0 Å². The summed E-state index contributed by atoms with van der Waals surface area (Å²) in [5, 5.41) is 9.78.